The van der Waals surface area contributed by atoms with Gasteiger partial charge in [-0.2, -0.15) is 5.26 Å². The maximum atomic E-state index is 9.84. The first kappa shape index (κ1) is 8.22. The third-order valence-electron chi connectivity index (χ3n) is 1.38. The normalized spacial score (nSPS) is 9.58. The van der Waals surface area contributed by atoms with Crippen LogP contribution in [0.1, 0.15) is 11.1 Å². The van der Waals surface area contributed by atoms with E-state index in [0.29, 0.717) is 5.56 Å². The van der Waals surface area contributed by atoms with Gasteiger partial charge in [-0.3, -0.25) is 4.79 Å². The molecule has 12 heavy (non-hydrogen) atoms. The maximum absolute atomic E-state index is 9.84. The van der Waals surface area contributed by atoms with Crippen molar-refractivity contribution in [2.45, 2.75) is 0 Å². The van der Waals surface area contributed by atoms with Crippen LogP contribution in [0.4, 0.5) is 0 Å². The Labute approximate surface area is 70.8 Å². The number of allylic oxidation sites excluding steroid dienone is 1. The maximum Gasteiger partial charge on any atom is 0.225 e. The van der Waals surface area contributed by atoms with E-state index in [0.717, 1.165) is 5.56 Å². The lowest BCUT2D eigenvalue weighted by Crippen LogP contribution is -1.74. The van der Waals surface area contributed by atoms with Gasteiger partial charge in [0.2, 0.25) is 6.29 Å². The van der Waals surface area contributed by atoms with E-state index in [2.05, 4.69) is 0 Å². The molecule has 0 amide bonds. The highest BCUT2D eigenvalue weighted by Gasteiger charge is 1.88. The van der Waals surface area contributed by atoms with E-state index in [-0.39, 0.29) is 0 Å². The van der Waals surface area contributed by atoms with E-state index in [4.69, 9.17) is 5.26 Å². The first-order valence-corrected chi connectivity index (χ1v) is 3.41. The van der Waals surface area contributed by atoms with Crippen molar-refractivity contribution in [3.63, 3.8) is 0 Å². The molecule has 0 bridgehead atoms. The van der Waals surface area contributed by atoms with Gasteiger partial charge in [-0.1, -0.05) is 18.2 Å². The van der Waals surface area contributed by atoms with Crippen molar-refractivity contribution < 1.29 is 4.79 Å². The average Bonchev–Trinajstić information content (AvgIpc) is 2.15. The van der Waals surface area contributed by atoms with Crippen molar-refractivity contribution >= 4 is 12.4 Å². The SMILES string of the molecule is N#Cc1ccc(/C=C/[C]=O)cc1. The molecule has 0 heterocycles. The summed E-state index contributed by atoms with van der Waals surface area (Å²) in [5.41, 5.74) is 1.50. The molecule has 0 aromatic heterocycles. The molecule has 1 aromatic carbocycles. The molecular weight excluding hydrogens is 150 g/mol. The molecule has 0 spiro atoms. The van der Waals surface area contributed by atoms with Gasteiger partial charge in [-0.25, -0.2) is 0 Å². The molecule has 0 fully saturated rings. The van der Waals surface area contributed by atoms with Gasteiger partial charge in [0.1, 0.15) is 0 Å². The lowest BCUT2D eigenvalue weighted by atomic mass is 10.1. The summed E-state index contributed by atoms with van der Waals surface area (Å²) in [6.45, 7) is 0. The van der Waals surface area contributed by atoms with Crippen molar-refractivity contribution in [1.29, 1.82) is 5.26 Å². The Kier molecular flexibility index (Phi) is 2.80. The standard InChI is InChI=1S/C10H6NO/c11-8-10-5-3-9(4-6-10)2-1-7-12/h1-6H/b2-1+. The molecule has 1 aromatic rings. The number of benzene rings is 1. The molecule has 0 saturated heterocycles. The highest BCUT2D eigenvalue weighted by atomic mass is 16.1. The van der Waals surface area contributed by atoms with Gasteiger partial charge in [0.05, 0.1) is 11.6 Å². The molecule has 0 aliphatic heterocycles. The molecular formula is C10H6NO. The molecule has 2 heteroatoms. The zero-order chi connectivity index (χ0) is 8.81. The average molecular weight is 156 g/mol. The van der Waals surface area contributed by atoms with Crippen LogP contribution in [-0.4, -0.2) is 6.29 Å². The fraction of sp³-hybridized carbons (Fsp3) is 0. The van der Waals surface area contributed by atoms with Gasteiger partial charge in [0.25, 0.3) is 0 Å². The van der Waals surface area contributed by atoms with Crippen LogP contribution in [-0.2, 0) is 4.79 Å². The second kappa shape index (κ2) is 4.09. The van der Waals surface area contributed by atoms with Crippen LogP contribution in [0, 0.1) is 11.3 Å². The van der Waals surface area contributed by atoms with E-state index < -0.39 is 0 Å². The number of nitriles is 1. The van der Waals surface area contributed by atoms with E-state index in [9.17, 15) is 4.79 Å². The number of hydrogen-bond acceptors (Lipinski definition) is 2. The van der Waals surface area contributed by atoms with Crippen LogP contribution < -0.4 is 0 Å². The monoisotopic (exact) mass is 156 g/mol. The molecule has 2 nitrogen and oxygen atoms in total. The zero-order valence-electron chi connectivity index (χ0n) is 6.32. The van der Waals surface area contributed by atoms with E-state index in [1.54, 1.807) is 36.6 Å². The van der Waals surface area contributed by atoms with E-state index >= 15 is 0 Å². The highest BCUT2D eigenvalue weighted by Crippen LogP contribution is 2.04. The van der Waals surface area contributed by atoms with E-state index in [1.807, 2.05) is 6.07 Å². The van der Waals surface area contributed by atoms with Crippen molar-refractivity contribution in [2.24, 2.45) is 0 Å². The number of rotatable bonds is 2. The first-order chi connectivity index (χ1) is 5.86. The minimum absolute atomic E-state index is 0.613. The molecule has 57 valence electrons. The fourth-order valence-corrected chi connectivity index (χ4v) is 0.799. The van der Waals surface area contributed by atoms with E-state index in [1.165, 1.54) is 6.08 Å². The molecule has 0 unspecified atom stereocenters. The molecule has 0 atom stereocenters. The predicted octanol–water partition coefficient (Wildman–Crippen LogP) is 1.68. The Morgan fingerprint density at radius 2 is 1.92 bits per heavy atom. The Morgan fingerprint density at radius 3 is 2.42 bits per heavy atom. The van der Waals surface area contributed by atoms with Crippen molar-refractivity contribution in [3.05, 3.63) is 41.5 Å². The molecule has 0 aliphatic rings. The number of nitrogens with zero attached hydrogens (tertiary/aromatic N) is 1. The van der Waals surface area contributed by atoms with Crippen molar-refractivity contribution in [1.82, 2.24) is 0 Å². The lowest BCUT2D eigenvalue weighted by Gasteiger charge is -1.90. The molecule has 0 saturated carbocycles. The molecule has 1 radical (unpaired) electrons. The molecule has 0 aliphatic carbocycles. The van der Waals surface area contributed by atoms with Gasteiger partial charge in [-0.05, 0) is 23.8 Å². The minimum Gasteiger partial charge on any atom is -0.286 e. The summed E-state index contributed by atoms with van der Waals surface area (Å²) in [6, 6.07) is 8.95. The summed E-state index contributed by atoms with van der Waals surface area (Å²) in [5, 5.41) is 8.47. The summed E-state index contributed by atoms with van der Waals surface area (Å²) in [6.07, 6.45) is 4.58. The predicted molar refractivity (Wildman–Crippen MR) is 45.9 cm³/mol. The van der Waals surface area contributed by atoms with Crippen LogP contribution in [0.15, 0.2) is 30.3 Å². The van der Waals surface area contributed by atoms with Gasteiger partial charge >= 0.3 is 0 Å². The first-order valence-electron chi connectivity index (χ1n) is 3.41. The Morgan fingerprint density at radius 1 is 1.25 bits per heavy atom. The second-order valence-electron chi connectivity index (χ2n) is 2.18. The molecule has 1 rings (SSSR count). The quantitative estimate of drug-likeness (QED) is 0.611. The van der Waals surface area contributed by atoms with Crippen molar-refractivity contribution in [3.8, 4) is 6.07 Å². The third-order valence-corrected chi connectivity index (χ3v) is 1.38. The smallest absolute Gasteiger partial charge is 0.225 e. The van der Waals surface area contributed by atoms with Crippen LogP contribution in [0.3, 0.4) is 0 Å². The largest absolute Gasteiger partial charge is 0.286 e. The Balaban J connectivity index is 2.86. The highest BCUT2D eigenvalue weighted by molar-refractivity contribution is 5.74. The van der Waals surface area contributed by atoms with Crippen molar-refractivity contribution in [2.75, 3.05) is 0 Å². The molecule has 0 N–H and O–H groups in total. The summed E-state index contributed by atoms with van der Waals surface area (Å²) in [4.78, 5) is 9.84. The third kappa shape index (κ3) is 2.06. The Bertz CT molecular complexity index is 330. The minimum atomic E-state index is 0.613. The summed E-state index contributed by atoms with van der Waals surface area (Å²) >= 11 is 0. The summed E-state index contributed by atoms with van der Waals surface area (Å²) in [5.74, 6) is 0. The summed E-state index contributed by atoms with van der Waals surface area (Å²) in [7, 11) is 0. The Hall–Kier alpha value is -1.88. The zero-order valence-corrected chi connectivity index (χ0v) is 6.32. The van der Waals surface area contributed by atoms with Crippen LogP contribution in [0.5, 0.6) is 0 Å². The van der Waals surface area contributed by atoms with Crippen LogP contribution in [0.2, 0.25) is 0 Å². The van der Waals surface area contributed by atoms with Gasteiger partial charge in [-0.15, -0.1) is 0 Å². The number of carbonyl (C=O) groups excluding carboxylic acids is 1. The van der Waals surface area contributed by atoms with Crippen LogP contribution >= 0.6 is 0 Å². The fourth-order valence-electron chi connectivity index (χ4n) is 0.799. The van der Waals surface area contributed by atoms with Gasteiger partial charge in [0, 0.05) is 0 Å². The summed E-state index contributed by atoms with van der Waals surface area (Å²) < 4.78 is 0. The van der Waals surface area contributed by atoms with Gasteiger partial charge < -0.3 is 0 Å². The number of hydrogen-bond donors (Lipinski definition) is 0. The topological polar surface area (TPSA) is 40.9 Å². The second-order valence-corrected chi connectivity index (χ2v) is 2.18. The van der Waals surface area contributed by atoms with Crippen LogP contribution in [0.25, 0.3) is 6.08 Å². The van der Waals surface area contributed by atoms with Gasteiger partial charge in [0.15, 0.2) is 0 Å². The lowest BCUT2D eigenvalue weighted by molar-refractivity contribution is 0.564.